The van der Waals surface area contributed by atoms with Crippen molar-refractivity contribution in [1.82, 2.24) is 0 Å². The van der Waals surface area contributed by atoms with E-state index in [0.29, 0.717) is 11.4 Å². The number of anilines is 1. The van der Waals surface area contributed by atoms with E-state index in [1.165, 1.54) is 25.2 Å². The number of benzene rings is 1. The van der Waals surface area contributed by atoms with Crippen LogP contribution in [0.3, 0.4) is 0 Å². The lowest BCUT2D eigenvalue weighted by Gasteiger charge is -2.33. The highest BCUT2D eigenvalue weighted by atomic mass is 16.6. The summed E-state index contributed by atoms with van der Waals surface area (Å²) in [7, 11) is 2.47. The van der Waals surface area contributed by atoms with Crippen LogP contribution in [0.1, 0.15) is 20.3 Å². The minimum Gasteiger partial charge on any atom is -0.466 e. The summed E-state index contributed by atoms with van der Waals surface area (Å²) < 4.78 is 9.57. The van der Waals surface area contributed by atoms with Crippen molar-refractivity contribution in [2.75, 3.05) is 19.1 Å². The number of rotatable bonds is 4. The van der Waals surface area contributed by atoms with Gasteiger partial charge in [0.05, 0.1) is 30.3 Å². The maximum Gasteiger partial charge on any atom is 0.335 e. The van der Waals surface area contributed by atoms with Gasteiger partial charge in [-0.3, -0.25) is 10.1 Å². The van der Waals surface area contributed by atoms with Crippen LogP contribution in [0.15, 0.2) is 46.8 Å². The lowest BCUT2D eigenvalue weighted by molar-refractivity contribution is -0.384. The SMILES string of the molecule is COC(=O)C1=C(C)N(c2ccccc2[N+](=O)[O-])C(C)=C(C(=O)OC)C1. The zero-order valence-electron chi connectivity index (χ0n) is 14.4. The van der Waals surface area contributed by atoms with Crippen molar-refractivity contribution >= 4 is 23.3 Å². The molecule has 0 spiro atoms. The van der Waals surface area contributed by atoms with E-state index in [9.17, 15) is 19.7 Å². The number of carbonyl (C=O) groups excluding carboxylic acids is 2. The van der Waals surface area contributed by atoms with Crippen LogP contribution in [0.4, 0.5) is 11.4 Å². The third kappa shape index (κ3) is 3.23. The summed E-state index contributed by atoms with van der Waals surface area (Å²) in [4.78, 5) is 36.6. The first kappa shape index (κ1) is 18.2. The van der Waals surface area contributed by atoms with E-state index in [1.807, 2.05) is 0 Å². The van der Waals surface area contributed by atoms with Crippen molar-refractivity contribution in [3.05, 3.63) is 56.9 Å². The lowest BCUT2D eigenvalue weighted by Crippen LogP contribution is -2.31. The lowest BCUT2D eigenvalue weighted by atomic mass is 9.95. The molecule has 0 radical (unpaired) electrons. The molecule has 1 aliphatic rings. The Kier molecular flexibility index (Phi) is 5.21. The number of nitro groups is 1. The molecule has 1 aliphatic heterocycles. The molecule has 0 amide bonds. The van der Waals surface area contributed by atoms with Gasteiger partial charge in [-0.1, -0.05) is 12.1 Å². The van der Waals surface area contributed by atoms with E-state index in [-0.39, 0.29) is 28.9 Å². The normalized spacial score (nSPS) is 14.5. The first-order chi connectivity index (χ1) is 11.8. The molecule has 1 aromatic carbocycles. The monoisotopic (exact) mass is 346 g/mol. The number of esters is 2. The predicted octanol–water partition coefficient (Wildman–Crippen LogP) is 2.70. The van der Waals surface area contributed by atoms with Gasteiger partial charge < -0.3 is 14.4 Å². The maximum atomic E-state index is 12.1. The van der Waals surface area contributed by atoms with E-state index in [4.69, 9.17) is 9.47 Å². The van der Waals surface area contributed by atoms with Gasteiger partial charge in [-0.2, -0.15) is 0 Å². The molecule has 0 aliphatic carbocycles. The van der Waals surface area contributed by atoms with Crippen molar-refractivity contribution in [2.45, 2.75) is 20.3 Å². The number of nitrogens with zero attached hydrogens (tertiary/aromatic N) is 2. The van der Waals surface area contributed by atoms with Gasteiger partial charge in [0.25, 0.3) is 5.69 Å². The number of carbonyl (C=O) groups is 2. The third-order valence-electron chi connectivity index (χ3n) is 4.08. The molecule has 0 atom stereocenters. The Bertz CT molecular complexity index is 771. The first-order valence-electron chi connectivity index (χ1n) is 7.43. The molecule has 8 heteroatoms. The Labute approximate surface area is 144 Å². The summed E-state index contributed by atoms with van der Waals surface area (Å²) in [6, 6.07) is 6.11. The highest BCUT2D eigenvalue weighted by molar-refractivity contribution is 5.98. The molecule has 2 rings (SSSR count). The number of ether oxygens (including phenoxy) is 2. The second kappa shape index (κ2) is 7.16. The van der Waals surface area contributed by atoms with Gasteiger partial charge >= 0.3 is 11.9 Å². The molecular weight excluding hydrogens is 328 g/mol. The number of allylic oxidation sites excluding steroid dienone is 2. The summed E-state index contributed by atoms with van der Waals surface area (Å²) in [6.45, 7) is 3.31. The number of hydrogen-bond donors (Lipinski definition) is 0. The summed E-state index contributed by atoms with van der Waals surface area (Å²) in [5, 5.41) is 11.4. The molecule has 25 heavy (non-hydrogen) atoms. The first-order valence-corrected chi connectivity index (χ1v) is 7.43. The molecular formula is C17H18N2O6. The van der Waals surface area contributed by atoms with Gasteiger partial charge in [0.2, 0.25) is 0 Å². The molecule has 1 aromatic rings. The van der Waals surface area contributed by atoms with Gasteiger partial charge in [0, 0.05) is 23.9 Å². The Balaban J connectivity index is 2.73. The van der Waals surface area contributed by atoms with Gasteiger partial charge in [0.1, 0.15) is 5.69 Å². The van der Waals surface area contributed by atoms with Crippen LogP contribution in [0.25, 0.3) is 0 Å². The Morgan fingerprint density at radius 1 is 1.04 bits per heavy atom. The topological polar surface area (TPSA) is 99.0 Å². The van der Waals surface area contributed by atoms with Gasteiger partial charge in [-0.05, 0) is 19.9 Å². The molecule has 132 valence electrons. The molecule has 0 bridgehead atoms. The van der Waals surface area contributed by atoms with Crippen molar-refractivity contribution in [3.8, 4) is 0 Å². The average Bonchev–Trinajstić information content (AvgIpc) is 2.61. The molecule has 0 fully saturated rings. The number of para-hydroxylation sites is 2. The molecule has 8 nitrogen and oxygen atoms in total. The number of hydrogen-bond acceptors (Lipinski definition) is 7. The highest BCUT2D eigenvalue weighted by Gasteiger charge is 2.33. The smallest absolute Gasteiger partial charge is 0.335 e. The minimum absolute atomic E-state index is 0.0359. The summed E-state index contributed by atoms with van der Waals surface area (Å²) in [6.07, 6.45) is 0.0359. The standard InChI is InChI=1S/C17H18N2O6/c1-10-12(16(20)24-3)9-13(17(21)25-4)11(2)18(10)14-7-5-6-8-15(14)19(22)23/h5-8H,9H2,1-4H3. The third-order valence-corrected chi connectivity index (χ3v) is 4.08. The highest BCUT2D eigenvalue weighted by Crippen LogP contribution is 2.39. The number of methoxy groups -OCH3 is 2. The van der Waals surface area contributed by atoms with Crippen molar-refractivity contribution in [3.63, 3.8) is 0 Å². The van der Waals surface area contributed by atoms with Gasteiger partial charge in [0.15, 0.2) is 0 Å². The maximum absolute atomic E-state index is 12.1. The summed E-state index contributed by atoms with van der Waals surface area (Å²) >= 11 is 0. The molecule has 0 saturated carbocycles. The Hall–Kier alpha value is -3.16. The predicted molar refractivity (Wildman–Crippen MR) is 89.6 cm³/mol. The second-order valence-electron chi connectivity index (χ2n) is 5.37. The van der Waals surface area contributed by atoms with Crippen LogP contribution in [-0.4, -0.2) is 31.1 Å². The van der Waals surface area contributed by atoms with Gasteiger partial charge in [-0.15, -0.1) is 0 Å². The van der Waals surface area contributed by atoms with E-state index in [0.717, 1.165) is 0 Å². The zero-order valence-corrected chi connectivity index (χ0v) is 14.4. The fourth-order valence-corrected chi connectivity index (χ4v) is 2.81. The minimum atomic E-state index is -0.602. The van der Waals surface area contributed by atoms with Crippen LogP contribution >= 0.6 is 0 Å². The molecule has 0 unspecified atom stereocenters. The summed E-state index contributed by atoms with van der Waals surface area (Å²) in [5.74, 6) is -1.20. The zero-order chi connectivity index (χ0) is 18.7. The van der Waals surface area contributed by atoms with Crippen LogP contribution < -0.4 is 4.90 Å². The fraction of sp³-hybridized carbons (Fsp3) is 0.294. The second-order valence-corrected chi connectivity index (χ2v) is 5.37. The summed E-state index contributed by atoms with van der Waals surface area (Å²) in [5.41, 5.74) is 1.53. The van der Waals surface area contributed by atoms with Crippen LogP contribution in [0.5, 0.6) is 0 Å². The average molecular weight is 346 g/mol. The van der Waals surface area contributed by atoms with E-state index >= 15 is 0 Å². The Morgan fingerprint density at radius 3 is 1.96 bits per heavy atom. The van der Waals surface area contributed by atoms with Crippen LogP contribution in [0, 0.1) is 10.1 Å². The van der Waals surface area contributed by atoms with E-state index < -0.39 is 16.9 Å². The molecule has 1 heterocycles. The molecule has 0 N–H and O–H groups in total. The van der Waals surface area contributed by atoms with Crippen molar-refractivity contribution < 1.29 is 24.0 Å². The largest absolute Gasteiger partial charge is 0.466 e. The van der Waals surface area contributed by atoms with E-state index in [1.54, 1.807) is 32.0 Å². The fourth-order valence-electron chi connectivity index (χ4n) is 2.81. The van der Waals surface area contributed by atoms with E-state index in [2.05, 4.69) is 0 Å². The van der Waals surface area contributed by atoms with Crippen LogP contribution in [0.2, 0.25) is 0 Å². The molecule has 0 aromatic heterocycles. The quantitative estimate of drug-likeness (QED) is 0.469. The van der Waals surface area contributed by atoms with Crippen LogP contribution in [-0.2, 0) is 19.1 Å². The number of nitro benzene ring substituents is 1. The van der Waals surface area contributed by atoms with Crippen molar-refractivity contribution in [1.29, 1.82) is 0 Å². The molecule has 0 saturated heterocycles. The van der Waals surface area contributed by atoms with Crippen molar-refractivity contribution in [2.24, 2.45) is 0 Å². The Morgan fingerprint density at radius 2 is 1.52 bits per heavy atom. The van der Waals surface area contributed by atoms with Gasteiger partial charge in [-0.25, -0.2) is 9.59 Å².